The van der Waals surface area contributed by atoms with E-state index in [0.29, 0.717) is 11.5 Å². The number of carbonyl (C=O) groups is 2. The van der Waals surface area contributed by atoms with Gasteiger partial charge in [-0.05, 0) is 31.9 Å². The molecule has 2 rings (SSSR count). The van der Waals surface area contributed by atoms with Gasteiger partial charge in [0.05, 0.1) is 5.56 Å². The van der Waals surface area contributed by atoms with Crippen LogP contribution in [0.15, 0.2) is 28.7 Å². The predicted octanol–water partition coefficient (Wildman–Crippen LogP) is 3.24. The van der Waals surface area contributed by atoms with E-state index >= 15 is 0 Å². The number of hydrogen-bond acceptors (Lipinski definition) is 5. The van der Waals surface area contributed by atoms with Crippen molar-refractivity contribution in [3.8, 4) is 11.8 Å². The van der Waals surface area contributed by atoms with E-state index in [2.05, 4.69) is 5.32 Å². The zero-order valence-electron chi connectivity index (χ0n) is 13.8. The van der Waals surface area contributed by atoms with Crippen LogP contribution in [0.5, 0.6) is 5.75 Å². The molecule has 0 aliphatic heterocycles. The maximum Gasteiger partial charge on any atom is 0.264 e. The lowest BCUT2D eigenvalue weighted by molar-refractivity contribution is -0.118. The van der Waals surface area contributed by atoms with Crippen molar-refractivity contribution in [3.05, 3.63) is 46.7 Å². The van der Waals surface area contributed by atoms with Crippen LogP contribution < -0.4 is 10.1 Å². The maximum atomic E-state index is 12.1. The Morgan fingerprint density at radius 2 is 2.04 bits per heavy atom. The van der Waals surface area contributed by atoms with E-state index in [0.717, 1.165) is 12.0 Å². The molecule has 24 heavy (non-hydrogen) atoms. The Hall–Kier alpha value is -3.07. The highest BCUT2D eigenvalue weighted by atomic mass is 16.5. The van der Waals surface area contributed by atoms with Crippen LogP contribution in [0.25, 0.3) is 0 Å². The summed E-state index contributed by atoms with van der Waals surface area (Å²) in [6, 6.07) is 9.34. The molecule has 2 aromatic rings. The molecule has 1 aromatic heterocycles. The molecular weight excluding hydrogens is 308 g/mol. The number of nitrogens with zero attached hydrogens (tertiary/aromatic N) is 1. The van der Waals surface area contributed by atoms with Gasteiger partial charge in [-0.25, -0.2) is 0 Å². The van der Waals surface area contributed by atoms with Crippen LogP contribution in [-0.2, 0) is 11.2 Å². The van der Waals surface area contributed by atoms with Crippen LogP contribution in [-0.4, -0.2) is 18.3 Å². The quantitative estimate of drug-likeness (QED) is 0.823. The number of benzene rings is 1. The zero-order valence-corrected chi connectivity index (χ0v) is 13.8. The van der Waals surface area contributed by atoms with E-state index in [1.165, 1.54) is 6.92 Å². The first-order chi connectivity index (χ1) is 11.5. The van der Waals surface area contributed by atoms with Crippen molar-refractivity contribution < 1.29 is 18.7 Å². The molecule has 0 saturated heterocycles. The van der Waals surface area contributed by atoms with Gasteiger partial charge in [-0.15, -0.1) is 0 Å². The number of nitrogens with one attached hydrogen (secondary N) is 1. The minimum atomic E-state index is -0.471. The van der Waals surface area contributed by atoms with Crippen molar-refractivity contribution in [2.75, 3.05) is 11.9 Å². The number of ketones is 1. The summed E-state index contributed by atoms with van der Waals surface area (Å²) in [5, 5.41) is 11.7. The SMILES string of the molecule is CCc1ccccc1OCC(=O)Nc1oc(C)c(C(C)=O)c1C#N. The Bertz CT molecular complexity index is 815. The second-order valence-electron chi connectivity index (χ2n) is 5.20. The van der Waals surface area contributed by atoms with Gasteiger partial charge in [0.25, 0.3) is 5.91 Å². The first kappa shape index (κ1) is 17.3. The summed E-state index contributed by atoms with van der Waals surface area (Å²) in [6.07, 6.45) is 0.787. The van der Waals surface area contributed by atoms with E-state index in [-0.39, 0.29) is 29.4 Å². The lowest BCUT2D eigenvalue weighted by Gasteiger charge is -2.09. The van der Waals surface area contributed by atoms with E-state index in [1.54, 1.807) is 13.0 Å². The van der Waals surface area contributed by atoms with Crippen LogP contribution in [0.2, 0.25) is 0 Å². The van der Waals surface area contributed by atoms with Gasteiger partial charge in [0.1, 0.15) is 23.1 Å². The van der Waals surface area contributed by atoms with Crippen molar-refractivity contribution in [3.63, 3.8) is 0 Å². The molecular formula is C18H18N2O4. The summed E-state index contributed by atoms with van der Waals surface area (Å²) < 4.78 is 10.9. The van der Waals surface area contributed by atoms with Crippen LogP contribution in [0, 0.1) is 18.3 Å². The number of nitriles is 1. The topological polar surface area (TPSA) is 92.3 Å². The zero-order chi connectivity index (χ0) is 17.7. The van der Waals surface area contributed by atoms with Gasteiger partial charge in [0.15, 0.2) is 12.4 Å². The van der Waals surface area contributed by atoms with Gasteiger partial charge in [0.2, 0.25) is 5.88 Å². The minimum Gasteiger partial charge on any atom is -0.483 e. The Balaban J connectivity index is 2.10. The van der Waals surface area contributed by atoms with Crippen LogP contribution in [0.4, 0.5) is 5.88 Å². The van der Waals surface area contributed by atoms with Crippen LogP contribution in [0.3, 0.4) is 0 Å². The van der Waals surface area contributed by atoms with Crippen molar-refractivity contribution in [2.45, 2.75) is 27.2 Å². The number of para-hydroxylation sites is 1. The fraction of sp³-hybridized carbons (Fsp3) is 0.278. The smallest absolute Gasteiger partial charge is 0.264 e. The molecule has 124 valence electrons. The molecule has 6 heteroatoms. The van der Waals surface area contributed by atoms with Gasteiger partial charge in [0, 0.05) is 0 Å². The Morgan fingerprint density at radius 1 is 1.33 bits per heavy atom. The molecule has 6 nitrogen and oxygen atoms in total. The number of rotatable bonds is 6. The number of anilines is 1. The van der Waals surface area contributed by atoms with Crippen LogP contribution in [0.1, 0.15) is 41.1 Å². The van der Waals surface area contributed by atoms with E-state index in [4.69, 9.17) is 9.15 Å². The monoisotopic (exact) mass is 326 g/mol. The summed E-state index contributed by atoms with van der Waals surface area (Å²) >= 11 is 0. The molecule has 0 aliphatic rings. The highest BCUT2D eigenvalue weighted by molar-refractivity contribution is 6.01. The number of Topliss-reactive ketones (excluding diaryl/α,β-unsaturated/α-hetero) is 1. The molecule has 0 radical (unpaired) electrons. The molecule has 0 bridgehead atoms. The van der Waals surface area contributed by atoms with Crippen molar-refractivity contribution >= 4 is 17.6 Å². The summed E-state index contributed by atoms with van der Waals surface area (Å²) in [4.78, 5) is 23.6. The third-order valence-electron chi connectivity index (χ3n) is 3.51. The average Bonchev–Trinajstić information content (AvgIpc) is 2.88. The Labute approximate surface area is 140 Å². The van der Waals surface area contributed by atoms with Gasteiger partial charge >= 0.3 is 0 Å². The van der Waals surface area contributed by atoms with Crippen LogP contribution >= 0.6 is 0 Å². The molecule has 0 aliphatic carbocycles. The summed E-state index contributed by atoms with van der Waals surface area (Å²) in [5.41, 5.74) is 1.21. The van der Waals surface area contributed by atoms with E-state index < -0.39 is 5.91 Å². The summed E-state index contributed by atoms with van der Waals surface area (Å²) in [5.74, 6) is 0.141. The van der Waals surface area contributed by atoms with Crippen molar-refractivity contribution in [1.82, 2.24) is 0 Å². The molecule has 0 atom stereocenters. The minimum absolute atomic E-state index is 0.0299. The first-order valence-corrected chi connectivity index (χ1v) is 7.52. The second-order valence-corrected chi connectivity index (χ2v) is 5.20. The van der Waals surface area contributed by atoms with Crippen molar-refractivity contribution in [1.29, 1.82) is 5.26 Å². The van der Waals surface area contributed by atoms with E-state index in [1.807, 2.05) is 31.2 Å². The van der Waals surface area contributed by atoms with Gasteiger partial charge in [-0.3, -0.25) is 14.9 Å². The van der Waals surface area contributed by atoms with E-state index in [9.17, 15) is 14.9 Å². The largest absolute Gasteiger partial charge is 0.483 e. The van der Waals surface area contributed by atoms with Crippen molar-refractivity contribution in [2.24, 2.45) is 0 Å². The molecule has 0 fully saturated rings. The number of aryl methyl sites for hydroxylation is 2. The number of furan rings is 1. The molecule has 1 aromatic carbocycles. The summed E-state index contributed by atoms with van der Waals surface area (Å²) in [6.45, 7) is 4.68. The maximum absolute atomic E-state index is 12.1. The van der Waals surface area contributed by atoms with Gasteiger partial charge < -0.3 is 9.15 Å². The molecule has 1 N–H and O–H groups in total. The Morgan fingerprint density at radius 3 is 2.67 bits per heavy atom. The first-order valence-electron chi connectivity index (χ1n) is 7.52. The number of ether oxygens (including phenoxy) is 1. The third-order valence-corrected chi connectivity index (χ3v) is 3.51. The normalized spacial score (nSPS) is 10.1. The van der Waals surface area contributed by atoms with Gasteiger partial charge in [-0.1, -0.05) is 25.1 Å². The number of hydrogen-bond donors (Lipinski definition) is 1. The third kappa shape index (κ3) is 3.63. The molecule has 1 heterocycles. The summed E-state index contributed by atoms with van der Waals surface area (Å²) in [7, 11) is 0. The molecule has 0 spiro atoms. The lowest BCUT2D eigenvalue weighted by atomic mass is 10.1. The number of carbonyl (C=O) groups excluding carboxylic acids is 2. The predicted molar refractivity (Wildman–Crippen MR) is 88.1 cm³/mol. The highest BCUT2D eigenvalue weighted by Gasteiger charge is 2.22. The molecule has 0 unspecified atom stereocenters. The second kappa shape index (κ2) is 7.47. The standard InChI is InChI=1S/C18H18N2O4/c1-4-13-7-5-6-8-15(13)23-10-16(22)20-18-14(9-19)17(11(2)21)12(3)24-18/h5-8H,4,10H2,1-3H3,(H,20,22). The highest BCUT2D eigenvalue weighted by Crippen LogP contribution is 2.26. The average molecular weight is 326 g/mol. The van der Waals surface area contributed by atoms with Gasteiger partial charge in [-0.2, -0.15) is 5.26 Å². The molecule has 0 saturated carbocycles. The Kier molecular flexibility index (Phi) is 5.38. The fourth-order valence-electron chi connectivity index (χ4n) is 2.41. The number of amides is 1. The fourth-order valence-corrected chi connectivity index (χ4v) is 2.41. The molecule has 1 amide bonds. The lowest BCUT2D eigenvalue weighted by Crippen LogP contribution is -2.20.